The van der Waals surface area contributed by atoms with Crippen molar-refractivity contribution >= 4 is 11.7 Å². The number of ether oxygens (including phenoxy) is 2. The second-order valence-corrected chi connectivity index (χ2v) is 5.60. The van der Waals surface area contributed by atoms with Crippen molar-refractivity contribution in [1.29, 1.82) is 0 Å². The van der Waals surface area contributed by atoms with Gasteiger partial charge in [0, 0.05) is 5.69 Å². The first-order chi connectivity index (χ1) is 12.2. The predicted octanol–water partition coefficient (Wildman–Crippen LogP) is 4.30. The molecule has 0 amide bonds. The van der Waals surface area contributed by atoms with E-state index in [-0.39, 0.29) is 0 Å². The molecule has 4 nitrogen and oxygen atoms in total. The summed E-state index contributed by atoms with van der Waals surface area (Å²) in [6.45, 7) is 0.381. The van der Waals surface area contributed by atoms with Crippen molar-refractivity contribution in [3.63, 3.8) is 0 Å². The van der Waals surface area contributed by atoms with Gasteiger partial charge in [-0.05, 0) is 41.0 Å². The van der Waals surface area contributed by atoms with E-state index >= 15 is 0 Å². The molecule has 0 aliphatic carbocycles. The van der Waals surface area contributed by atoms with Crippen LogP contribution >= 0.6 is 0 Å². The quantitative estimate of drug-likeness (QED) is 0.558. The predicted molar refractivity (Wildman–Crippen MR) is 98.4 cm³/mol. The molecule has 0 atom stereocenters. The number of nitrogens with two attached hydrogens (primary N) is 1. The highest BCUT2D eigenvalue weighted by molar-refractivity contribution is 5.94. The van der Waals surface area contributed by atoms with Gasteiger partial charge in [-0.1, -0.05) is 48.5 Å². The molecule has 3 aromatic rings. The van der Waals surface area contributed by atoms with E-state index in [1.165, 1.54) is 7.11 Å². The van der Waals surface area contributed by atoms with Crippen LogP contribution in [0.5, 0.6) is 5.75 Å². The van der Waals surface area contributed by atoms with Gasteiger partial charge >= 0.3 is 5.97 Å². The van der Waals surface area contributed by atoms with Crippen LogP contribution in [0.1, 0.15) is 15.9 Å². The third-order valence-electron chi connectivity index (χ3n) is 3.87. The molecule has 3 aromatic carbocycles. The molecule has 126 valence electrons. The lowest BCUT2D eigenvalue weighted by molar-refractivity contribution is 0.0595. The van der Waals surface area contributed by atoms with Gasteiger partial charge in [0.05, 0.1) is 7.11 Å². The van der Waals surface area contributed by atoms with E-state index in [1.54, 1.807) is 12.1 Å². The van der Waals surface area contributed by atoms with Gasteiger partial charge in [0.15, 0.2) is 0 Å². The summed E-state index contributed by atoms with van der Waals surface area (Å²) in [4.78, 5) is 12.2. The summed E-state index contributed by atoms with van der Waals surface area (Å²) in [5, 5.41) is 0. The van der Waals surface area contributed by atoms with E-state index in [1.807, 2.05) is 60.7 Å². The van der Waals surface area contributed by atoms with Gasteiger partial charge in [0.25, 0.3) is 0 Å². The Morgan fingerprint density at radius 1 is 0.920 bits per heavy atom. The fourth-order valence-corrected chi connectivity index (χ4v) is 2.52. The number of benzene rings is 3. The number of anilines is 1. The third-order valence-corrected chi connectivity index (χ3v) is 3.87. The minimum atomic E-state index is -0.430. The highest BCUT2D eigenvalue weighted by Crippen LogP contribution is 2.28. The maximum absolute atomic E-state index is 12.2. The molecule has 0 bridgehead atoms. The van der Waals surface area contributed by atoms with Gasteiger partial charge in [-0.2, -0.15) is 0 Å². The molecule has 0 aliphatic rings. The summed E-state index contributed by atoms with van der Waals surface area (Å²) in [6, 6.07) is 22.8. The highest BCUT2D eigenvalue weighted by Gasteiger charge is 2.15. The standard InChI is InChI=1S/C21H19NO3/c1-24-21(23)19-13-17(16-7-10-18(22)11-8-16)9-12-20(19)25-14-15-5-3-2-4-6-15/h2-13H,14,22H2,1H3. The minimum Gasteiger partial charge on any atom is -0.488 e. The Kier molecular flexibility index (Phi) is 5.00. The summed E-state index contributed by atoms with van der Waals surface area (Å²) in [5.74, 6) is 0.0651. The van der Waals surface area contributed by atoms with Crippen LogP contribution < -0.4 is 10.5 Å². The maximum atomic E-state index is 12.2. The van der Waals surface area contributed by atoms with Gasteiger partial charge in [-0.25, -0.2) is 4.79 Å². The second-order valence-electron chi connectivity index (χ2n) is 5.60. The van der Waals surface area contributed by atoms with Crippen molar-refractivity contribution in [2.75, 3.05) is 12.8 Å². The topological polar surface area (TPSA) is 61.5 Å². The van der Waals surface area contributed by atoms with E-state index in [0.717, 1.165) is 16.7 Å². The average molecular weight is 333 g/mol. The smallest absolute Gasteiger partial charge is 0.341 e. The largest absolute Gasteiger partial charge is 0.488 e. The fraction of sp³-hybridized carbons (Fsp3) is 0.0952. The zero-order valence-electron chi connectivity index (χ0n) is 13.9. The van der Waals surface area contributed by atoms with Crippen LogP contribution in [0, 0.1) is 0 Å². The molecule has 0 unspecified atom stereocenters. The first kappa shape index (κ1) is 16.6. The molecule has 0 fully saturated rings. The van der Waals surface area contributed by atoms with Crippen molar-refractivity contribution in [2.45, 2.75) is 6.61 Å². The molecule has 0 heterocycles. The molecule has 4 heteroatoms. The van der Waals surface area contributed by atoms with Crippen LogP contribution in [0.25, 0.3) is 11.1 Å². The molecular formula is C21H19NO3. The molecule has 0 aromatic heterocycles. The van der Waals surface area contributed by atoms with Crippen molar-refractivity contribution in [2.24, 2.45) is 0 Å². The monoisotopic (exact) mass is 333 g/mol. The molecule has 0 saturated carbocycles. The Morgan fingerprint density at radius 3 is 2.28 bits per heavy atom. The van der Waals surface area contributed by atoms with Crippen LogP contribution in [0.3, 0.4) is 0 Å². The van der Waals surface area contributed by atoms with Crippen molar-refractivity contribution < 1.29 is 14.3 Å². The molecular weight excluding hydrogens is 314 g/mol. The fourth-order valence-electron chi connectivity index (χ4n) is 2.52. The molecule has 0 radical (unpaired) electrons. The Morgan fingerprint density at radius 2 is 1.60 bits per heavy atom. The number of hydrogen-bond acceptors (Lipinski definition) is 4. The van der Waals surface area contributed by atoms with E-state index in [4.69, 9.17) is 15.2 Å². The summed E-state index contributed by atoms with van der Waals surface area (Å²) in [6.07, 6.45) is 0. The summed E-state index contributed by atoms with van der Waals surface area (Å²) >= 11 is 0. The Balaban J connectivity index is 1.90. The molecule has 3 rings (SSSR count). The van der Waals surface area contributed by atoms with E-state index in [0.29, 0.717) is 23.6 Å². The van der Waals surface area contributed by atoms with Crippen molar-refractivity contribution in [1.82, 2.24) is 0 Å². The van der Waals surface area contributed by atoms with Gasteiger partial charge in [0.1, 0.15) is 17.9 Å². The number of carbonyl (C=O) groups is 1. The maximum Gasteiger partial charge on any atom is 0.341 e. The van der Waals surface area contributed by atoms with E-state index < -0.39 is 5.97 Å². The third kappa shape index (κ3) is 3.98. The molecule has 0 saturated heterocycles. The van der Waals surface area contributed by atoms with Crippen LogP contribution in [-0.4, -0.2) is 13.1 Å². The lowest BCUT2D eigenvalue weighted by Crippen LogP contribution is -2.06. The zero-order chi connectivity index (χ0) is 17.6. The van der Waals surface area contributed by atoms with Crippen LogP contribution in [0.15, 0.2) is 72.8 Å². The van der Waals surface area contributed by atoms with Gasteiger partial charge in [-0.3, -0.25) is 0 Å². The van der Waals surface area contributed by atoms with Crippen LogP contribution in [0.4, 0.5) is 5.69 Å². The number of nitrogen functional groups attached to an aromatic ring is 1. The Labute approximate surface area is 146 Å². The van der Waals surface area contributed by atoms with Crippen LogP contribution in [0.2, 0.25) is 0 Å². The summed E-state index contributed by atoms with van der Waals surface area (Å²) in [5.41, 5.74) is 9.71. The number of rotatable bonds is 5. The normalized spacial score (nSPS) is 10.3. The average Bonchev–Trinajstić information content (AvgIpc) is 2.67. The second kappa shape index (κ2) is 7.53. The number of hydrogen-bond donors (Lipinski definition) is 1. The molecule has 0 aliphatic heterocycles. The van der Waals surface area contributed by atoms with E-state index in [9.17, 15) is 4.79 Å². The number of esters is 1. The zero-order valence-corrected chi connectivity index (χ0v) is 13.9. The molecule has 25 heavy (non-hydrogen) atoms. The summed E-state index contributed by atoms with van der Waals surface area (Å²) in [7, 11) is 1.36. The van der Waals surface area contributed by atoms with E-state index in [2.05, 4.69) is 0 Å². The summed E-state index contributed by atoms with van der Waals surface area (Å²) < 4.78 is 10.7. The van der Waals surface area contributed by atoms with Crippen LogP contribution in [-0.2, 0) is 11.3 Å². The lowest BCUT2D eigenvalue weighted by atomic mass is 10.0. The first-order valence-electron chi connectivity index (χ1n) is 7.92. The first-order valence-corrected chi connectivity index (χ1v) is 7.92. The molecule has 0 spiro atoms. The Hall–Kier alpha value is -3.27. The number of methoxy groups -OCH3 is 1. The lowest BCUT2D eigenvalue weighted by Gasteiger charge is -2.12. The van der Waals surface area contributed by atoms with Crippen molar-refractivity contribution in [3.05, 3.63) is 83.9 Å². The van der Waals surface area contributed by atoms with Crippen molar-refractivity contribution in [3.8, 4) is 16.9 Å². The van der Waals surface area contributed by atoms with Gasteiger partial charge < -0.3 is 15.2 Å². The molecule has 2 N–H and O–H groups in total. The SMILES string of the molecule is COC(=O)c1cc(-c2ccc(N)cc2)ccc1OCc1ccccc1. The van der Waals surface area contributed by atoms with Gasteiger partial charge in [-0.15, -0.1) is 0 Å². The van der Waals surface area contributed by atoms with Gasteiger partial charge in [0.2, 0.25) is 0 Å². The minimum absolute atomic E-state index is 0.381. The highest BCUT2D eigenvalue weighted by atomic mass is 16.5. The number of carbonyl (C=O) groups excluding carboxylic acids is 1. The Bertz CT molecular complexity index is 858.